The van der Waals surface area contributed by atoms with Gasteiger partial charge in [0.2, 0.25) is 5.91 Å². The van der Waals surface area contributed by atoms with E-state index in [0.29, 0.717) is 19.1 Å². The molecule has 1 aliphatic heterocycles. The van der Waals surface area contributed by atoms with Crippen LogP contribution in [0.4, 0.5) is 0 Å². The quantitative estimate of drug-likeness (QED) is 0.843. The predicted molar refractivity (Wildman–Crippen MR) is 83.8 cm³/mol. The van der Waals surface area contributed by atoms with Gasteiger partial charge in [0, 0.05) is 20.2 Å². The van der Waals surface area contributed by atoms with Crippen molar-refractivity contribution in [2.75, 3.05) is 20.2 Å². The molecule has 1 fully saturated rings. The van der Waals surface area contributed by atoms with Gasteiger partial charge in [-0.2, -0.15) is 0 Å². The molecular weight excluding hydrogens is 264 g/mol. The Balaban J connectivity index is 2.04. The molecule has 1 saturated heterocycles. The van der Waals surface area contributed by atoms with Crippen LogP contribution in [-0.2, 0) is 22.7 Å². The largest absolute Gasteiger partial charge is 0.380 e. The van der Waals surface area contributed by atoms with Crippen molar-refractivity contribution in [3.05, 3.63) is 35.4 Å². The van der Waals surface area contributed by atoms with Gasteiger partial charge in [0.05, 0.1) is 12.0 Å². The number of methoxy groups -OCH3 is 1. The molecule has 1 unspecified atom stereocenters. The highest BCUT2D eigenvalue weighted by molar-refractivity contribution is 5.83. The number of carbonyl (C=O) groups is 1. The number of amides is 1. The van der Waals surface area contributed by atoms with Gasteiger partial charge in [0.25, 0.3) is 0 Å². The fourth-order valence-electron chi connectivity index (χ4n) is 3.04. The third-order valence-electron chi connectivity index (χ3n) is 4.60. The van der Waals surface area contributed by atoms with Crippen LogP contribution in [0.2, 0.25) is 0 Å². The fraction of sp³-hybridized carbons (Fsp3) is 0.588. The summed E-state index contributed by atoms with van der Waals surface area (Å²) in [6.45, 7) is 7.09. The lowest BCUT2D eigenvalue weighted by Gasteiger charge is -2.31. The Morgan fingerprint density at radius 1 is 1.38 bits per heavy atom. The molecule has 4 nitrogen and oxygen atoms in total. The van der Waals surface area contributed by atoms with E-state index in [2.05, 4.69) is 24.5 Å². The van der Waals surface area contributed by atoms with Crippen LogP contribution in [0.25, 0.3) is 0 Å². The van der Waals surface area contributed by atoms with E-state index >= 15 is 0 Å². The van der Waals surface area contributed by atoms with Crippen LogP contribution in [0.5, 0.6) is 0 Å². The Hall–Kier alpha value is -1.39. The third-order valence-corrected chi connectivity index (χ3v) is 4.60. The summed E-state index contributed by atoms with van der Waals surface area (Å²) in [6.07, 6.45) is 0.913. The summed E-state index contributed by atoms with van der Waals surface area (Å²) in [6, 6.07) is 8.08. The molecule has 1 amide bonds. The van der Waals surface area contributed by atoms with Gasteiger partial charge >= 0.3 is 0 Å². The molecule has 1 heterocycles. The molecule has 0 bridgehead atoms. The molecule has 116 valence electrons. The fourth-order valence-corrected chi connectivity index (χ4v) is 3.04. The first kappa shape index (κ1) is 16.0. The summed E-state index contributed by atoms with van der Waals surface area (Å²) in [4.78, 5) is 12.7. The Morgan fingerprint density at radius 2 is 2.10 bits per heavy atom. The highest BCUT2D eigenvalue weighted by Gasteiger charge is 2.43. The Bertz CT molecular complexity index is 479. The number of rotatable bonds is 6. The zero-order valence-corrected chi connectivity index (χ0v) is 13.2. The van der Waals surface area contributed by atoms with Crippen molar-refractivity contribution >= 4 is 5.91 Å². The van der Waals surface area contributed by atoms with Crippen molar-refractivity contribution in [3.63, 3.8) is 0 Å². The molecule has 1 aromatic carbocycles. The second-order valence-electron chi connectivity index (χ2n) is 6.12. The second-order valence-corrected chi connectivity index (χ2v) is 6.12. The van der Waals surface area contributed by atoms with Gasteiger partial charge in [-0.25, -0.2) is 0 Å². The summed E-state index contributed by atoms with van der Waals surface area (Å²) in [7, 11) is 1.69. The van der Waals surface area contributed by atoms with E-state index in [1.54, 1.807) is 7.11 Å². The minimum Gasteiger partial charge on any atom is -0.380 e. The lowest BCUT2D eigenvalue weighted by Crippen LogP contribution is -2.45. The van der Waals surface area contributed by atoms with E-state index in [-0.39, 0.29) is 11.3 Å². The van der Waals surface area contributed by atoms with Crippen LogP contribution in [-0.4, -0.2) is 26.1 Å². The van der Waals surface area contributed by atoms with Gasteiger partial charge in [0.1, 0.15) is 0 Å². The van der Waals surface area contributed by atoms with Gasteiger partial charge in [0.15, 0.2) is 0 Å². The van der Waals surface area contributed by atoms with Crippen molar-refractivity contribution in [2.24, 2.45) is 11.3 Å². The highest BCUT2D eigenvalue weighted by Crippen LogP contribution is 2.34. The van der Waals surface area contributed by atoms with Gasteiger partial charge in [-0.3, -0.25) is 4.79 Å². The van der Waals surface area contributed by atoms with Crippen LogP contribution in [0.15, 0.2) is 24.3 Å². The second kappa shape index (κ2) is 7.05. The van der Waals surface area contributed by atoms with Gasteiger partial charge < -0.3 is 15.4 Å². The molecule has 2 rings (SSSR count). The molecule has 21 heavy (non-hydrogen) atoms. The van der Waals surface area contributed by atoms with E-state index in [9.17, 15) is 4.79 Å². The Morgan fingerprint density at radius 3 is 2.67 bits per heavy atom. The average molecular weight is 290 g/mol. The Labute approximate surface area is 127 Å². The number of ether oxygens (including phenoxy) is 1. The maximum Gasteiger partial charge on any atom is 0.228 e. The van der Waals surface area contributed by atoms with E-state index in [0.717, 1.165) is 30.6 Å². The van der Waals surface area contributed by atoms with Crippen molar-refractivity contribution < 1.29 is 9.53 Å². The van der Waals surface area contributed by atoms with Crippen LogP contribution in [0.3, 0.4) is 0 Å². The molecule has 0 spiro atoms. The summed E-state index contributed by atoms with van der Waals surface area (Å²) < 4.78 is 5.21. The molecule has 0 aromatic heterocycles. The lowest BCUT2D eigenvalue weighted by atomic mass is 9.75. The summed E-state index contributed by atoms with van der Waals surface area (Å²) >= 11 is 0. The van der Waals surface area contributed by atoms with E-state index in [1.807, 2.05) is 24.3 Å². The number of carbonyl (C=O) groups excluding carboxylic acids is 1. The van der Waals surface area contributed by atoms with Gasteiger partial charge in [-0.15, -0.1) is 0 Å². The normalized spacial score (nSPS) is 21.7. The lowest BCUT2D eigenvalue weighted by molar-refractivity contribution is -0.132. The summed E-state index contributed by atoms with van der Waals surface area (Å²) in [5.74, 6) is 0.497. The van der Waals surface area contributed by atoms with E-state index in [1.165, 1.54) is 0 Å². The smallest absolute Gasteiger partial charge is 0.228 e. The molecule has 1 atom stereocenters. The average Bonchev–Trinajstić information content (AvgIpc) is 2.97. The molecule has 2 N–H and O–H groups in total. The van der Waals surface area contributed by atoms with Crippen molar-refractivity contribution in [2.45, 2.75) is 33.4 Å². The Kier molecular flexibility index (Phi) is 5.37. The van der Waals surface area contributed by atoms with Crippen LogP contribution >= 0.6 is 0 Å². The van der Waals surface area contributed by atoms with Gasteiger partial charge in [-0.1, -0.05) is 38.1 Å². The zero-order chi connectivity index (χ0) is 15.3. The van der Waals surface area contributed by atoms with Crippen molar-refractivity contribution in [1.82, 2.24) is 10.6 Å². The molecule has 0 aliphatic carbocycles. The number of hydrogen-bond acceptors (Lipinski definition) is 3. The van der Waals surface area contributed by atoms with Crippen LogP contribution < -0.4 is 10.6 Å². The van der Waals surface area contributed by atoms with E-state index in [4.69, 9.17) is 4.74 Å². The molecule has 0 saturated carbocycles. The molecule has 1 aromatic rings. The standard InChI is InChI=1S/C17H26N2O2/c1-13(2)17(8-9-18-12-17)16(20)19-10-14-6-4-5-7-15(14)11-21-3/h4-7,13,18H,8-12H2,1-3H3,(H,19,20). The molecular formula is C17H26N2O2. The first-order valence-corrected chi connectivity index (χ1v) is 7.65. The molecule has 0 radical (unpaired) electrons. The SMILES string of the molecule is COCc1ccccc1CNC(=O)C1(C(C)C)CCNC1. The first-order valence-electron chi connectivity index (χ1n) is 7.65. The summed E-state index contributed by atoms with van der Waals surface area (Å²) in [5.41, 5.74) is 1.98. The molecule has 4 heteroatoms. The van der Waals surface area contributed by atoms with Crippen molar-refractivity contribution in [3.8, 4) is 0 Å². The topological polar surface area (TPSA) is 50.4 Å². The highest BCUT2D eigenvalue weighted by atomic mass is 16.5. The summed E-state index contributed by atoms with van der Waals surface area (Å²) in [5, 5.41) is 6.45. The predicted octanol–water partition coefficient (Wildman–Crippen LogP) is 2.08. The monoisotopic (exact) mass is 290 g/mol. The number of benzene rings is 1. The first-order chi connectivity index (χ1) is 10.1. The van der Waals surface area contributed by atoms with E-state index < -0.39 is 0 Å². The zero-order valence-electron chi connectivity index (χ0n) is 13.2. The van der Waals surface area contributed by atoms with Crippen molar-refractivity contribution in [1.29, 1.82) is 0 Å². The van der Waals surface area contributed by atoms with Crippen LogP contribution in [0.1, 0.15) is 31.4 Å². The number of nitrogens with one attached hydrogen (secondary N) is 2. The maximum atomic E-state index is 12.7. The van der Waals surface area contributed by atoms with Gasteiger partial charge in [-0.05, 0) is 30.0 Å². The molecule has 1 aliphatic rings. The maximum absolute atomic E-state index is 12.7. The number of hydrogen-bond donors (Lipinski definition) is 2. The minimum absolute atomic E-state index is 0.162. The van der Waals surface area contributed by atoms with Crippen LogP contribution in [0, 0.1) is 11.3 Å². The minimum atomic E-state index is -0.268. The third kappa shape index (κ3) is 3.44.